The summed E-state index contributed by atoms with van der Waals surface area (Å²) in [6.07, 6.45) is 1.94. The van der Waals surface area contributed by atoms with Crippen LogP contribution in [-0.2, 0) is 17.8 Å². The molecular formula is C19H19N3O2S. The zero-order valence-corrected chi connectivity index (χ0v) is 15.0. The van der Waals surface area contributed by atoms with Crippen LogP contribution in [0, 0.1) is 13.8 Å². The fourth-order valence-corrected chi connectivity index (χ4v) is 2.89. The van der Waals surface area contributed by atoms with E-state index in [9.17, 15) is 4.79 Å². The lowest BCUT2D eigenvalue weighted by Gasteiger charge is -2.04. The van der Waals surface area contributed by atoms with E-state index < -0.39 is 0 Å². The van der Waals surface area contributed by atoms with Crippen LogP contribution in [-0.4, -0.2) is 15.9 Å². The zero-order valence-electron chi connectivity index (χ0n) is 14.2. The molecule has 0 aliphatic heterocycles. The number of benzene rings is 1. The van der Waals surface area contributed by atoms with Gasteiger partial charge >= 0.3 is 0 Å². The second-order valence-electron chi connectivity index (χ2n) is 5.75. The third-order valence-electron chi connectivity index (χ3n) is 3.52. The number of carbonyl (C=O) groups is 1. The number of carbonyl (C=O) groups excluding carboxylic acids is 1. The van der Waals surface area contributed by atoms with Gasteiger partial charge in [0.2, 0.25) is 5.91 Å². The second kappa shape index (κ2) is 7.90. The highest BCUT2D eigenvalue weighted by atomic mass is 32.1. The molecule has 0 saturated heterocycles. The molecule has 3 rings (SSSR count). The fourth-order valence-electron chi connectivity index (χ4n) is 2.19. The number of amides is 1. The number of anilines is 1. The van der Waals surface area contributed by atoms with Crippen molar-refractivity contribution in [3.8, 4) is 5.75 Å². The first-order chi connectivity index (χ1) is 12.1. The van der Waals surface area contributed by atoms with E-state index in [1.165, 1.54) is 11.3 Å². The molecular weight excluding hydrogens is 334 g/mol. The van der Waals surface area contributed by atoms with E-state index in [1.807, 2.05) is 55.6 Å². The van der Waals surface area contributed by atoms with E-state index >= 15 is 0 Å². The SMILES string of the molecule is Cc1ccc(NC(=O)Cc2csc(COc3ccc(C)nc3)n2)cc1. The number of aromatic nitrogens is 2. The Kier molecular flexibility index (Phi) is 5.40. The molecule has 5 nitrogen and oxygen atoms in total. The van der Waals surface area contributed by atoms with Gasteiger partial charge in [0.1, 0.15) is 17.4 Å². The summed E-state index contributed by atoms with van der Waals surface area (Å²) in [5, 5.41) is 5.60. The number of thiazole rings is 1. The average molecular weight is 353 g/mol. The molecule has 1 amide bonds. The predicted octanol–water partition coefficient (Wildman–Crippen LogP) is 3.92. The summed E-state index contributed by atoms with van der Waals surface area (Å²) in [4.78, 5) is 20.7. The van der Waals surface area contributed by atoms with E-state index in [-0.39, 0.29) is 12.3 Å². The van der Waals surface area contributed by atoms with E-state index in [4.69, 9.17) is 4.74 Å². The van der Waals surface area contributed by atoms with Gasteiger partial charge < -0.3 is 10.1 Å². The third kappa shape index (κ3) is 5.12. The van der Waals surface area contributed by atoms with Crippen LogP contribution in [0.3, 0.4) is 0 Å². The Bertz CT molecular complexity index is 842. The van der Waals surface area contributed by atoms with Gasteiger partial charge in [-0.3, -0.25) is 9.78 Å². The van der Waals surface area contributed by atoms with E-state index in [0.29, 0.717) is 12.4 Å². The molecule has 25 heavy (non-hydrogen) atoms. The minimum absolute atomic E-state index is 0.0793. The molecule has 2 heterocycles. The van der Waals surface area contributed by atoms with Crippen molar-refractivity contribution in [2.45, 2.75) is 26.9 Å². The summed E-state index contributed by atoms with van der Waals surface area (Å²) in [5.74, 6) is 0.629. The number of aryl methyl sites for hydroxylation is 2. The Hall–Kier alpha value is -2.73. The van der Waals surface area contributed by atoms with E-state index in [0.717, 1.165) is 27.6 Å². The Morgan fingerprint density at radius 3 is 2.68 bits per heavy atom. The molecule has 1 N–H and O–H groups in total. The lowest BCUT2D eigenvalue weighted by molar-refractivity contribution is -0.115. The third-order valence-corrected chi connectivity index (χ3v) is 4.39. The zero-order chi connectivity index (χ0) is 17.6. The highest BCUT2D eigenvalue weighted by molar-refractivity contribution is 7.09. The summed E-state index contributed by atoms with van der Waals surface area (Å²) >= 11 is 1.49. The van der Waals surface area contributed by atoms with Crippen LogP contribution in [0.1, 0.15) is 22.0 Å². The van der Waals surface area contributed by atoms with Crippen molar-refractivity contribution in [3.63, 3.8) is 0 Å². The van der Waals surface area contributed by atoms with Crippen molar-refractivity contribution >= 4 is 22.9 Å². The van der Waals surface area contributed by atoms with Crippen molar-refractivity contribution in [2.24, 2.45) is 0 Å². The Balaban J connectivity index is 1.51. The van der Waals surface area contributed by atoms with Gasteiger partial charge in [-0.25, -0.2) is 4.98 Å². The maximum absolute atomic E-state index is 12.1. The van der Waals surface area contributed by atoms with Gasteiger partial charge in [0, 0.05) is 16.8 Å². The van der Waals surface area contributed by atoms with Crippen LogP contribution in [0.2, 0.25) is 0 Å². The van der Waals surface area contributed by atoms with Crippen LogP contribution in [0.25, 0.3) is 0 Å². The van der Waals surface area contributed by atoms with E-state index in [1.54, 1.807) is 6.20 Å². The number of nitrogens with one attached hydrogen (secondary N) is 1. The molecule has 1 aromatic carbocycles. The molecule has 0 spiro atoms. The monoisotopic (exact) mass is 353 g/mol. The molecule has 0 bridgehead atoms. The Morgan fingerprint density at radius 1 is 1.16 bits per heavy atom. The summed E-state index contributed by atoms with van der Waals surface area (Å²) in [6.45, 7) is 4.31. The number of nitrogens with zero attached hydrogens (tertiary/aromatic N) is 2. The lowest BCUT2D eigenvalue weighted by Crippen LogP contribution is -2.14. The van der Waals surface area contributed by atoms with Gasteiger partial charge in [-0.15, -0.1) is 11.3 Å². The molecule has 6 heteroatoms. The van der Waals surface area contributed by atoms with Gasteiger partial charge in [0.15, 0.2) is 0 Å². The van der Waals surface area contributed by atoms with Crippen molar-refractivity contribution < 1.29 is 9.53 Å². The minimum atomic E-state index is -0.0793. The molecule has 0 saturated carbocycles. The molecule has 3 aromatic rings. The topological polar surface area (TPSA) is 64.1 Å². The highest BCUT2D eigenvalue weighted by Gasteiger charge is 2.09. The lowest BCUT2D eigenvalue weighted by atomic mass is 10.2. The summed E-state index contributed by atoms with van der Waals surface area (Å²) in [7, 11) is 0. The van der Waals surface area contributed by atoms with Crippen LogP contribution in [0.4, 0.5) is 5.69 Å². The molecule has 0 aliphatic rings. The quantitative estimate of drug-likeness (QED) is 0.730. The van der Waals surface area contributed by atoms with Gasteiger partial charge in [-0.1, -0.05) is 17.7 Å². The number of rotatable bonds is 6. The molecule has 0 fully saturated rings. The van der Waals surface area contributed by atoms with Gasteiger partial charge in [0.05, 0.1) is 18.3 Å². The van der Waals surface area contributed by atoms with Crippen LogP contribution in [0.5, 0.6) is 5.75 Å². The molecule has 0 unspecified atom stereocenters. The standard InChI is InChI=1S/C19H19N3O2S/c1-13-3-6-15(7-4-13)21-18(23)9-16-12-25-19(22-16)11-24-17-8-5-14(2)20-10-17/h3-8,10,12H,9,11H2,1-2H3,(H,21,23). The number of hydrogen-bond acceptors (Lipinski definition) is 5. The first kappa shape index (κ1) is 17.1. The number of ether oxygens (including phenoxy) is 1. The molecule has 0 radical (unpaired) electrons. The Morgan fingerprint density at radius 2 is 1.96 bits per heavy atom. The molecule has 128 valence electrons. The first-order valence-corrected chi connectivity index (χ1v) is 8.82. The molecule has 0 aliphatic carbocycles. The fraction of sp³-hybridized carbons (Fsp3) is 0.211. The molecule has 0 atom stereocenters. The van der Waals surface area contributed by atoms with Crippen molar-refractivity contribution in [1.29, 1.82) is 0 Å². The van der Waals surface area contributed by atoms with Crippen molar-refractivity contribution in [2.75, 3.05) is 5.32 Å². The highest BCUT2D eigenvalue weighted by Crippen LogP contribution is 2.16. The first-order valence-electron chi connectivity index (χ1n) is 7.94. The summed E-state index contributed by atoms with van der Waals surface area (Å²) in [5.41, 5.74) is 3.64. The average Bonchev–Trinajstić information content (AvgIpc) is 3.04. The van der Waals surface area contributed by atoms with E-state index in [2.05, 4.69) is 15.3 Å². The smallest absolute Gasteiger partial charge is 0.230 e. The largest absolute Gasteiger partial charge is 0.485 e. The van der Waals surface area contributed by atoms with Gasteiger partial charge in [-0.2, -0.15) is 0 Å². The maximum Gasteiger partial charge on any atom is 0.230 e. The van der Waals surface area contributed by atoms with Crippen LogP contribution < -0.4 is 10.1 Å². The normalized spacial score (nSPS) is 10.5. The maximum atomic E-state index is 12.1. The molecule has 2 aromatic heterocycles. The predicted molar refractivity (Wildman–Crippen MR) is 98.9 cm³/mol. The Labute approximate surface area is 150 Å². The summed E-state index contributed by atoms with van der Waals surface area (Å²) < 4.78 is 5.66. The van der Waals surface area contributed by atoms with Crippen LogP contribution >= 0.6 is 11.3 Å². The number of hydrogen-bond donors (Lipinski definition) is 1. The van der Waals surface area contributed by atoms with Crippen molar-refractivity contribution in [1.82, 2.24) is 9.97 Å². The second-order valence-corrected chi connectivity index (χ2v) is 6.69. The van der Waals surface area contributed by atoms with Crippen LogP contribution in [0.15, 0.2) is 48.0 Å². The number of pyridine rings is 1. The summed E-state index contributed by atoms with van der Waals surface area (Å²) in [6, 6.07) is 11.5. The minimum Gasteiger partial charge on any atom is -0.485 e. The van der Waals surface area contributed by atoms with Gasteiger partial charge in [0.25, 0.3) is 0 Å². The van der Waals surface area contributed by atoms with Gasteiger partial charge in [-0.05, 0) is 38.1 Å². The van der Waals surface area contributed by atoms with Crippen molar-refractivity contribution in [3.05, 3.63) is 69.9 Å².